The molecule has 0 aliphatic rings. The van der Waals surface area contributed by atoms with E-state index >= 15 is 0 Å². The van der Waals surface area contributed by atoms with Crippen LogP contribution in [-0.4, -0.2) is 12.8 Å². The van der Waals surface area contributed by atoms with Gasteiger partial charge in [-0.3, -0.25) is 4.90 Å². The van der Waals surface area contributed by atoms with E-state index in [4.69, 9.17) is 6.42 Å². The molecule has 1 nitrogen and oxygen atoms in total. The maximum Gasteiger partial charge on any atom is 0.485 e. The summed E-state index contributed by atoms with van der Waals surface area (Å²) in [4.78, 5) is 0.215. The van der Waals surface area contributed by atoms with Crippen LogP contribution >= 0.6 is 0 Å². The summed E-state index contributed by atoms with van der Waals surface area (Å²) in [5, 5.41) is 0. The molecule has 0 heterocycles. The second kappa shape index (κ2) is 4.05. The molecule has 0 aromatic heterocycles. The van der Waals surface area contributed by atoms with Crippen LogP contribution in [0.3, 0.4) is 0 Å². The van der Waals surface area contributed by atoms with Crippen molar-refractivity contribution in [2.45, 2.75) is 6.30 Å². The Balaban J connectivity index is 2.96. The topological polar surface area (TPSA) is 3.24 Å². The number of rotatable bonds is 2. The normalized spacial score (nSPS) is 10.7. The standard InChI is InChI=1S/C10H8F3N/c1-2-8-14(10(11,12)13)9-6-4-3-5-7-9/h1,3-7H,8H2. The number of hydrogen-bond donors (Lipinski definition) is 0. The number of para-hydroxylation sites is 1. The molecule has 14 heavy (non-hydrogen) atoms. The molecule has 0 N–H and O–H groups in total. The van der Waals surface area contributed by atoms with Crippen molar-refractivity contribution >= 4 is 5.69 Å². The molecule has 1 rings (SSSR count). The van der Waals surface area contributed by atoms with E-state index in [0.717, 1.165) is 0 Å². The highest BCUT2D eigenvalue weighted by Crippen LogP contribution is 2.27. The SMILES string of the molecule is C#CCN(c1ccccc1)C(F)(F)F. The van der Waals surface area contributed by atoms with E-state index in [1.54, 1.807) is 6.07 Å². The Morgan fingerprint density at radius 1 is 1.21 bits per heavy atom. The van der Waals surface area contributed by atoms with Crippen LogP contribution in [0, 0.1) is 12.3 Å². The van der Waals surface area contributed by atoms with E-state index in [9.17, 15) is 13.2 Å². The number of halogens is 3. The van der Waals surface area contributed by atoms with E-state index in [0.29, 0.717) is 0 Å². The largest absolute Gasteiger partial charge is 0.485 e. The van der Waals surface area contributed by atoms with Gasteiger partial charge >= 0.3 is 6.30 Å². The van der Waals surface area contributed by atoms with Crippen molar-refractivity contribution in [2.75, 3.05) is 11.4 Å². The lowest BCUT2D eigenvalue weighted by molar-refractivity contribution is -0.127. The van der Waals surface area contributed by atoms with Crippen LogP contribution in [0.25, 0.3) is 0 Å². The van der Waals surface area contributed by atoms with Crippen molar-refractivity contribution in [2.24, 2.45) is 0 Å². The third kappa shape index (κ3) is 2.43. The average Bonchev–Trinajstić information content (AvgIpc) is 2.14. The Kier molecular flexibility index (Phi) is 3.03. The molecule has 1 aromatic rings. The lowest BCUT2D eigenvalue weighted by Gasteiger charge is -2.24. The lowest BCUT2D eigenvalue weighted by atomic mass is 10.3. The predicted molar refractivity (Wildman–Crippen MR) is 48.7 cm³/mol. The van der Waals surface area contributed by atoms with Crippen molar-refractivity contribution in [3.8, 4) is 12.3 Å². The number of anilines is 1. The van der Waals surface area contributed by atoms with Crippen molar-refractivity contribution in [1.29, 1.82) is 0 Å². The lowest BCUT2D eigenvalue weighted by Crippen LogP contribution is -2.38. The number of terminal acetylenes is 1. The smallest absolute Gasteiger partial charge is 0.273 e. The van der Waals surface area contributed by atoms with Gasteiger partial charge in [0.1, 0.15) is 0 Å². The minimum Gasteiger partial charge on any atom is -0.273 e. The van der Waals surface area contributed by atoms with Crippen molar-refractivity contribution in [1.82, 2.24) is 0 Å². The van der Waals surface area contributed by atoms with E-state index < -0.39 is 12.8 Å². The van der Waals surface area contributed by atoms with Gasteiger partial charge in [0.2, 0.25) is 0 Å². The van der Waals surface area contributed by atoms with Crippen LogP contribution in [0.2, 0.25) is 0 Å². The molecule has 0 fully saturated rings. The summed E-state index contributed by atoms with van der Waals surface area (Å²) in [6, 6.07) is 7.44. The van der Waals surface area contributed by atoms with Crippen molar-refractivity contribution in [3.63, 3.8) is 0 Å². The van der Waals surface area contributed by atoms with Gasteiger partial charge in [-0.05, 0) is 12.1 Å². The van der Waals surface area contributed by atoms with E-state index in [2.05, 4.69) is 0 Å². The summed E-state index contributed by atoms with van der Waals surface area (Å²) >= 11 is 0. The zero-order chi connectivity index (χ0) is 10.6. The molecule has 4 heteroatoms. The van der Waals surface area contributed by atoms with E-state index in [-0.39, 0.29) is 10.6 Å². The molecule has 0 aliphatic heterocycles. The van der Waals surface area contributed by atoms with Gasteiger partial charge in [-0.1, -0.05) is 24.1 Å². The first-order valence-corrected chi connectivity index (χ1v) is 3.88. The van der Waals surface area contributed by atoms with Gasteiger partial charge < -0.3 is 0 Å². The summed E-state index contributed by atoms with van der Waals surface area (Å²) in [5.41, 5.74) is 0.0537. The Morgan fingerprint density at radius 3 is 2.21 bits per heavy atom. The molecule has 1 aromatic carbocycles. The van der Waals surface area contributed by atoms with Crippen molar-refractivity contribution < 1.29 is 13.2 Å². The van der Waals surface area contributed by atoms with Crippen LogP contribution in [0.15, 0.2) is 30.3 Å². The minimum atomic E-state index is -4.44. The van der Waals surface area contributed by atoms with Gasteiger partial charge in [-0.15, -0.1) is 6.42 Å². The number of nitrogens with zero attached hydrogens (tertiary/aromatic N) is 1. The maximum absolute atomic E-state index is 12.4. The first-order valence-electron chi connectivity index (χ1n) is 3.88. The Hall–Kier alpha value is -1.63. The molecule has 0 spiro atoms. The van der Waals surface area contributed by atoms with Crippen molar-refractivity contribution in [3.05, 3.63) is 30.3 Å². The highest BCUT2D eigenvalue weighted by atomic mass is 19.4. The third-order valence-corrected chi connectivity index (χ3v) is 1.62. The monoisotopic (exact) mass is 199 g/mol. The van der Waals surface area contributed by atoms with Crippen LogP contribution < -0.4 is 4.90 Å². The molecule has 0 radical (unpaired) electrons. The van der Waals surface area contributed by atoms with E-state index in [1.165, 1.54) is 24.3 Å². The van der Waals surface area contributed by atoms with Gasteiger partial charge in [-0.2, -0.15) is 13.2 Å². The molecule has 0 saturated heterocycles. The molecule has 0 aliphatic carbocycles. The second-order valence-electron chi connectivity index (χ2n) is 2.59. The number of hydrogen-bond acceptors (Lipinski definition) is 1. The molecule has 0 saturated carbocycles. The zero-order valence-corrected chi connectivity index (χ0v) is 7.25. The maximum atomic E-state index is 12.4. The molecule has 74 valence electrons. The van der Waals surface area contributed by atoms with Crippen LogP contribution in [0.1, 0.15) is 0 Å². The number of alkyl halides is 3. The van der Waals surface area contributed by atoms with Crippen LogP contribution in [0.4, 0.5) is 18.9 Å². The molecular weight excluding hydrogens is 191 g/mol. The third-order valence-electron chi connectivity index (χ3n) is 1.62. The fourth-order valence-corrected chi connectivity index (χ4v) is 1.03. The molecular formula is C10H8F3N. The molecule has 0 amide bonds. The van der Waals surface area contributed by atoms with Gasteiger partial charge in [0.15, 0.2) is 0 Å². The van der Waals surface area contributed by atoms with Gasteiger partial charge in [0.25, 0.3) is 0 Å². The van der Waals surface area contributed by atoms with Crippen LogP contribution in [0.5, 0.6) is 0 Å². The molecule has 0 atom stereocenters. The van der Waals surface area contributed by atoms with Crippen LogP contribution in [-0.2, 0) is 0 Å². The quantitative estimate of drug-likeness (QED) is 0.522. The molecule has 0 bridgehead atoms. The van der Waals surface area contributed by atoms with Gasteiger partial charge in [-0.25, -0.2) is 0 Å². The first-order chi connectivity index (χ1) is 6.55. The Labute approximate surface area is 80.1 Å². The molecule has 0 unspecified atom stereocenters. The number of benzene rings is 1. The second-order valence-corrected chi connectivity index (χ2v) is 2.59. The summed E-state index contributed by atoms with van der Waals surface area (Å²) < 4.78 is 37.3. The highest BCUT2D eigenvalue weighted by Gasteiger charge is 2.36. The first kappa shape index (κ1) is 10.5. The highest BCUT2D eigenvalue weighted by molar-refractivity contribution is 5.47. The minimum absolute atomic E-state index is 0.0537. The fourth-order valence-electron chi connectivity index (χ4n) is 1.03. The average molecular weight is 199 g/mol. The summed E-state index contributed by atoms with van der Waals surface area (Å²) in [7, 11) is 0. The van der Waals surface area contributed by atoms with Gasteiger partial charge in [0.05, 0.1) is 6.54 Å². The fraction of sp³-hybridized carbons (Fsp3) is 0.200. The Morgan fingerprint density at radius 2 is 1.79 bits per heavy atom. The summed E-state index contributed by atoms with van der Waals surface area (Å²) in [6.07, 6.45) is 0.435. The zero-order valence-electron chi connectivity index (χ0n) is 7.25. The Bertz CT molecular complexity index is 323. The van der Waals surface area contributed by atoms with E-state index in [1.807, 2.05) is 5.92 Å². The summed E-state index contributed by atoms with van der Waals surface area (Å²) in [6.45, 7) is -0.479. The van der Waals surface area contributed by atoms with Gasteiger partial charge in [0, 0.05) is 5.69 Å². The summed E-state index contributed by atoms with van der Waals surface area (Å²) in [5.74, 6) is 1.98. The predicted octanol–water partition coefficient (Wildman–Crippen LogP) is 2.65.